The van der Waals surface area contributed by atoms with Gasteiger partial charge in [-0.2, -0.15) is 11.3 Å². The van der Waals surface area contributed by atoms with Crippen molar-refractivity contribution >= 4 is 50.5 Å². The lowest BCUT2D eigenvalue weighted by atomic mass is 10.1. The van der Waals surface area contributed by atoms with E-state index in [4.69, 9.17) is 0 Å². The van der Waals surface area contributed by atoms with Crippen LogP contribution in [0.3, 0.4) is 0 Å². The summed E-state index contributed by atoms with van der Waals surface area (Å²) < 4.78 is 0. The van der Waals surface area contributed by atoms with E-state index in [0.29, 0.717) is 11.4 Å². The Morgan fingerprint density at radius 2 is 1.80 bits per heavy atom. The Kier molecular flexibility index (Phi) is 3.58. The number of alkyl halides is 1. The number of carbonyl (C=O) groups excluding carboxylic acids is 2. The van der Waals surface area contributed by atoms with E-state index in [1.807, 2.05) is 23.6 Å². The molecule has 0 bridgehead atoms. The molecular weight excluding hydrogens is 340 g/mol. The van der Waals surface area contributed by atoms with Crippen molar-refractivity contribution in [3.05, 3.63) is 46.2 Å². The van der Waals surface area contributed by atoms with Crippen LogP contribution >= 0.6 is 27.3 Å². The standard InChI is InChI=1S/C14H11BrN2O2S/c15-14(9-3-4-20-7-9)8-1-2-10-11(5-8)17-13(19)6-12(18)16-10/h1-5,7,14H,6H2,(H,16,18)(H,17,19). The van der Waals surface area contributed by atoms with Gasteiger partial charge in [0.2, 0.25) is 11.8 Å². The predicted molar refractivity (Wildman–Crippen MR) is 83.4 cm³/mol. The van der Waals surface area contributed by atoms with Crippen LogP contribution in [0.5, 0.6) is 0 Å². The Balaban J connectivity index is 1.96. The molecule has 4 nitrogen and oxygen atoms in total. The second kappa shape index (κ2) is 5.38. The first-order chi connectivity index (χ1) is 9.63. The van der Waals surface area contributed by atoms with Gasteiger partial charge in [0.05, 0.1) is 16.2 Å². The SMILES string of the molecule is O=C1CC(=O)Nc2cc(C(Br)c3ccsc3)ccc2N1. The summed E-state index contributed by atoms with van der Waals surface area (Å²) in [4.78, 5) is 23.1. The Morgan fingerprint density at radius 1 is 1.05 bits per heavy atom. The van der Waals surface area contributed by atoms with Gasteiger partial charge in [0.1, 0.15) is 6.42 Å². The lowest BCUT2D eigenvalue weighted by Crippen LogP contribution is -2.16. The summed E-state index contributed by atoms with van der Waals surface area (Å²) in [5.41, 5.74) is 3.46. The first-order valence-electron chi connectivity index (χ1n) is 6.03. The lowest BCUT2D eigenvalue weighted by Gasteiger charge is -2.13. The fourth-order valence-corrected chi connectivity index (χ4v) is 3.51. The largest absolute Gasteiger partial charge is 0.324 e. The third-order valence-electron chi connectivity index (χ3n) is 3.04. The monoisotopic (exact) mass is 350 g/mol. The van der Waals surface area contributed by atoms with E-state index in [9.17, 15) is 9.59 Å². The summed E-state index contributed by atoms with van der Waals surface area (Å²) in [7, 11) is 0. The summed E-state index contributed by atoms with van der Waals surface area (Å²) in [6.07, 6.45) is -0.147. The van der Waals surface area contributed by atoms with Crippen molar-refractivity contribution in [2.45, 2.75) is 11.2 Å². The van der Waals surface area contributed by atoms with E-state index in [1.54, 1.807) is 11.3 Å². The lowest BCUT2D eigenvalue weighted by molar-refractivity contribution is -0.123. The van der Waals surface area contributed by atoms with Crippen molar-refractivity contribution in [1.82, 2.24) is 0 Å². The van der Waals surface area contributed by atoms with E-state index in [2.05, 4.69) is 38.0 Å². The van der Waals surface area contributed by atoms with E-state index in [0.717, 1.165) is 5.56 Å². The third kappa shape index (κ3) is 2.62. The summed E-state index contributed by atoms with van der Waals surface area (Å²) in [5.74, 6) is -0.581. The van der Waals surface area contributed by atoms with Crippen molar-refractivity contribution < 1.29 is 9.59 Å². The smallest absolute Gasteiger partial charge is 0.233 e. The molecule has 1 unspecified atom stereocenters. The minimum Gasteiger partial charge on any atom is -0.324 e. The van der Waals surface area contributed by atoms with Gasteiger partial charge in [-0.1, -0.05) is 22.0 Å². The van der Waals surface area contributed by atoms with Crippen molar-refractivity contribution in [2.75, 3.05) is 10.6 Å². The molecule has 0 spiro atoms. The molecule has 1 atom stereocenters. The van der Waals surface area contributed by atoms with Crippen molar-refractivity contribution in [3.63, 3.8) is 0 Å². The zero-order chi connectivity index (χ0) is 14.1. The maximum absolute atomic E-state index is 11.6. The molecule has 1 aliphatic rings. The number of benzene rings is 1. The predicted octanol–water partition coefficient (Wildman–Crippen LogP) is 3.51. The Labute approximate surface area is 128 Å². The molecular formula is C14H11BrN2O2S. The zero-order valence-corrected chi connectivity index (χ0v) is 12.8. The number of anilines is 2. The summed E-state index contributed by atoms with van der Waals surface area (Å²) >= 11 is 5.29. The number of thiophene rings is 1. The minimum absolute atomic E-state index is 0.0647. The number of halogens is 1. The number of rotatable bonds is 2. The average Bonchev–Trinajstić information content (AvgIpc) is 2.88. The highest BCUT2D eigenvalue weighted by Gasteiger charge is 2.20. The molecule has 3 rings (SSSR count). The normalized spacial score (nSPS) is 15.8. The van der Waals surface area contributed by atoms with Crippen LogP contribution in [0, 0.1) is 0 Å². The maximum atomic E-state index is 11.6. The third-order valence-corrected chi connectivity index (χ3v) is 4.80. The fraction of sp³-hybridized carbons (Fsp3) is 0.143. The van der Waals surface area contributed by atoms with Gasteiger partial charge in [0, 0.05) is 0 Å². The van der Waals surface area contributed by atoms with Crippen LogP contribution in [0.4, 0.5) is 11.4 Å². The molecule has 2 heterocycles. The first-order valence-corrected chi connectivity index (χ1v) is 7.89. The highest BCUT2D eigenvalue weighted by Crippen LogP contribution is 2.36. The number of nitrogens with one attached hydrogen (secondary N) is 2. The number of amides is 2. The highest BCUT2D eigenvalue weighted by atomic mass is 79.9. The molecule has 0 aliphatic carbocycles. The Bertz CT molecular complexity index is 670. The summed E-state index contributed by atoms with van der Waals surface area (Å²) in [6, 6.07) is 7.69. The van der Waals surface area contributed by atoms with Gasteiger partial charge in [0.25, 0.3) is 0 Å². The fourth-order valence-electron chi connectivity index (χ4n) is 2.08. The molecule has 1 aromatic carbocycles. The molecule has 0 fully saturated rings. The number of hydrogen-bond donors (Lipinski definition) is 2. The molecule has 0 saturated heterocycles. The highest BCUT2D eigenvalue weighted by molar-refractivity contribution is 9.09. The van der Waals surface area contributed by atoms with Crippen LogP contribution < -0.4 is 10.6 Å². The molecule has 0 saturated carbocycles. The van der Waals surface area contributed by atoms with Crippen molar-refractivity contribution in [3.8, 4) is 0 Å². The van der Waals surface area contributed by atoms with Crippen LogP contribution in [0.1, 0.15) is 22.4 Å². The van der Waals surface area contributed by atoms with E-state index in [-0.39, 0.29) is 23.1 Å². The second-order valence-electron chi connectivity index (χ2n) is 4.50. The van der Waals surface area contributed by atoms with E-state index >= 15 is 0 Å². The molecule has 20 heavy (non-hydrogen) atoms. The molecule has 0 radical (unpaired) electrons. The van der Waals surface area contributed by atoms with Crippen molar-refractivity contribution in [1.29, 1.82) is 0 Å². The number of fused-ring (bicyclic) bond motifs is 1. The number of carbonyl (C=O) groups is 2. The summed E-state index contributed by atoms with van der Waals surface area (Å²) in [5, 5.41) is 9.57. The molecule has 6 heteroatoms. The second-order valence-corrected chi connectivity index (χ2v) is 6.19. The average molecular weight is 351 g/mol. The van der Waals surface area contributed by atoms with Gasteiger partial charge in [-0.25, -0.2) is 0 Å². The van der Waals surface area contributed by atoms with Gasteiger partial charge in [0.15, 0.2) is 0 Å². The molecule has 2 amide bonds. The quantitative estimate of drug-likeness (QED) is 0.643. The van der Waals surface area contributed by atoms with Crippen LogP contribution in [0.2, 0.25) is 0 Å². The zero-order valence-electron chi connectivity index (χ0n) is 10.4. The Hall–Kier alpha value is -1.66. The molecule has 1 aliphatic heterocycles. The van der Waals surface area contributed by atoms with Crippen LogP contribution in [0.15, 0.2) is 35.0 Å². The molecule has 2 N–H and O–H groups in total. The topological polar surface area (TPSA) is 58.2 Å². The number of hydrogen-bond acceptors (Lipinski definition) is 3. The first kappa shape index (κ1) is 13.3. The van der Waals surface area contributed by atoms with Crippen molar-refractivity contribution in [2.24, 2.45) is 0 Å². The maximum Gasteiger partial charge on any atom is 0.233 e. The van der Waals surface area contributed by atoms with Crippen LogP contribution in [0.25, 0.3) is 0 Å². The van der Waals surface area contributed by atoms with Crippen LogP contribution in [-0.2, 0) is 9.59 Å². The Morgan fingerprint density at radius 3 is 2.50 bits per heavy atom. The van der Waals surface area contributed by atoms with E-state index < -0.39 is 0 Å². The minimum atomic E-state index is -0.292. The van der Waals surface area contributed by atoms with Gasteiger partial charge in [-0.05, 0) is 40.1 Å². The molecule has 2 aromatic rings. The van der Waals surface area contributed by atoms with Gasteiger partial charge >= 0.3 is 0 Å². The van der Waals surface area contributed by atoms with Gasteiger partial charge in [-0.3, -0.25) is 9.59 Å². The molecule has 1 aromatic heterocycles. The summed E-state index contributed by atoms with van der Waals surface area (Å²) in [6.45, 7) is 0. The van der Waals surface area contributed by atoms with Gasteiger partial charge < -0.3 is 10.6 Å². The molecule has 102 valence electrons. The van der Waals surface area contributed by atoms with Crippen LogP contribution in [-0.4, -0.2) is 11.8 Å². The van der Waals surface area contributed by atoms with Gasteiger partial charge in [-0.15, -0.1) is 0 Å². The van der Waals surface area contributed by atoms with E-state index in [1.165, 1.54) is 5.56 Å².